The lowest BCUT2D eigenvalue weighted by atomic mass is 10.1. The molecule has 0 aromatic heterocycles. The number of ether oxygens (including phenoxy) is 2. The molecule has 0 aliphatic rings. The predicted octanol–water partition coefficient (Wildman–Crippen LogP) is 5.44. The van der Waals surface area contributed by atoms with E-state index in [0.717, 1.165) is 18.2 Å². The van der Waals surface area contributed by atoms with Gasteiger partial charge in [-0.3, -0.25) is 4.55 Å². The van der Waals surface area contributed by atoms with E-state index in [2.05, 4.69) is 37.2 Å². The maximum absolute atomic E-state index is 11.7. The Morgan fingerprint density at radius 2 is 1.03 bits per heavy atom. The molecule has 0 bridgehead atoms. The minimum atomic E-state index is -4.67. The molecule has 1 aromatic rings. The zero-order chi connectivity index (χ0) is 29.7. The highest BCUT2D eigenvalue weighted by Crippen LogP contribution is 2.61. The van der Waals surface area contributed by atoms with Crippen LogP contribution in [0.1, 0.15) is 99.8 Å². The van der Waals surface area contributed by atoms with Gasteiger partial charge in [0.2, 0.25) is 0 Å². The van der Waals surface area contributed by atoms with Crippen LogP contribution in [-0.4, -0.2) is 86.2 Å². The van der Waals surface area contributed by atoms with Crippen LogP contribution in [0.4, 0.5) is 0 Å². The highest BCUT2D eigenvalue weighted by atomic mass is 32.2. The van der Waals surface area contributed by atoms with Crippen LogP contribution in [0.15, 0.2) is 23.1 Å². The lowest BCUT2D eigenvalue weighted by Crippen LogP contribution is -2.14. The molecule has 0 heterocycles. The van der Waals surface area contributed by atoms with Crippen LogP contribution in [0.3, 0.4) is 0 Å². The van der Waals surface area contributed by atoms with E-state index in [1.54, 1.807) is 24.6 Å². The Morgan fingerprint density at radius 1 is 0.692 bits per heavy atom. The number of rotatable bonds is 19. The van der Waals surface area contributed by atoms with Gasteiger partial charge >= 0.3 is 11.9 Å². The summed E-state index contributed by atoms with van der Waals surface area (Å²) in [5, 5.41) is 17.1. The predicted molar refractivity (Wildman–Crippen MR) is 157 cm³/mol. The summed E-state index contributed by atoms with van der Waals surface area (Å²) in [5.41, 5.74) is -0.640. The number of hydrogen-bond acceptors (Lipinski definition) is 8. The van der Waals surface area contributed by atoms with Crippen molar-refractivity contribution in [3.8, 4) is 0 Å². The van der Waals surface area contributed by atoms with Crippen molar-refractivity contribution in [2.24, 2.45) is 0 Å². The first-order chi connectivity index (χ1) is 18.5. The molecular weight excluding hydrogens is 543 g/mol. The molecule has 9 nitrogen and oxygen atoms in total. The monoisotopic (exact) mass is 593 g/mol. The van der Waals surface area contributed by atoms with E-state index in [1.165, 1.54) is 51.4 Å². The number of carbonyl (C=O) groups is 2. The molecule has 11 heteroatoms. The van der Waals surface area contributed by atoms with Gasteiger partial charge in [0.15, 0.2) is 0 Å². The highest BCUT2D eigenvalue weighted by Gasteiger charge is 2.34. The van der Waals surface area contributed by atoms with Gasteiger partial charge in [0.1, 0.15) is 13.2 Å². The van der Waals surface area contributed by atoms with Gasteiger partial charge in [0.25, 0.3) is 10.1 Å². The Morgan fingerprint density at radius 3 is 1.28 bits per heavy atom. The molecule has 0 saturated heterocycles. The minimum Gasteiger partial charge on any atom is -0.460 e. The molecular formula is C28H50O9PS+. The third kappa shape index (κ3) is 15.7. The summed E-state index contributed by atoms with van der Waals surface area (Å²) >= 11 is 0. The number of aliphatic hydroxyl groups excluding tert-OH is 2. The van der Waals surface area contributed by atoms with Crippen molar-refractivity contribution in [3.05, 3.63) is 29.3 Å². The normalized spacial score (nSPS) is 11.5. The third-order valence-corrected chi connectivity index (χ3v) is 12.2. The standard InChI is InChI=1S/C16H36P.C12H14O9S/c1-5-9-13-17(14-10-6-2,15-11-7-3)16-12-8-4;13-1-3-20-11(15)8-5-9(12(16)21-4-2-14)7-10(6-8)22(17,18)19/h5-16H2,1-4H3;5-7,13-14H,1-4H2,(H,17,18,19)/q+1;. The van der Waals surface area contributed by atoms with Gasteiger partial charge in [-0.25, -0.2) is 9.59 Å². The number of unbranched alkanes of at least 4 members (excludes halogenated alkanes) is 4. The van der Waals surface area contributed by atoms with E-state index in [9.17, 15) is 18.0 Å². The van der Waals surface area contributed by atoms with E-state index >= 15 is 0 Å². The second-order valence-corrected chi connectivity index (χ2v) is 15.5. The Labute approximate surface area is 235 Å². The first-order valence-corrected chi connectivity index (χ1v) is 18.0. The second kappa shape index (κ2) is 21.2. The van der Waals surface area contributed by atoms with Crippen molar-refractivity contribution in [1.29, 1.82) is 0 Å². The summed E-state index contributed by atoms with van der Waals surface area (Å²) in [7, 11) is -5.23. The third-order valence-electron chi connectivity index (χ3n) is 6.27. The summed E-state index contributed by atoms with van der Waals surface area (Å²) in [6, 6.07) is 2.64. The molecule has 1 rings (SSSR count). The zero-order valence-electron chi connectivity index (χ0n) is 24.2. The van der Waals surface area contributed by atoms with Crippen LogP contribution < -0.4 is 0 Å². The first-order valence-electron chi connectivity index (χ1n) is 14.1. The van der Waals surface area contributed by atoms with Crippen molar-refractivity contribution >= 4 is 29.3 Å². The minimum absolute atomic E-state index is 0.320. The highest BCUT2D eigenvalue weighted by molar-refractivity contribution is 7.85. The van der Waals surface area contributed by atoms with Gasteiger partial charge in [-0.05, 0) is 43.9 Å². The fraction of sp³-hybridized carbons (Fsp3) is 0.714. The van der Waals surface area contributed by atoms with Gasteiger partial charge in [-0.1, -0.05) is 53.4 Å². The molecule has 226 valence electrons. The largest absolute Gasteiger partial charge is 0.460 e. The quantitative estimate of drug-likeness (QED) is 0.108. The lowest BCUT2D eigenvalue weighted by molar-refractivity contribution is 0.0429. The second-order valence-electron chi connectivity index (χ2n) is 9.59. The van der Waals surface area contributed by atoms with E-state index in [0.29, 0.717) is 0 Å². The summed E-state index contributed by atoms with van der Waals surface area (Å²) in [6.07, 6.45) is 17.9. The number of hydrogen-bond donors (Lipinski definition) is 3. The Bertz CT molecular complexity index is 859. The van der Waals surface area contributed by atoms with Crippen LogP contribution in [0.25, 0.3) is 0 Å². The topological polar surface area (TPSA) is 147 Å². The average molecular weight is 594 g/mol. The zero-order valence-corrected chi connectivity index (χ0v) is 25.9. The molecule has 0 spiro atoms. The molecule has 0 atom stereocenters. The van der Waals surface area contributed by atoms with Gasteiger partial charge < -0.3 is 19.7 Å². The molecule has 3 N–H and O–H groups in total. The number of carbonyl (C=O) groups excluding carboxylic acids is 2. The van der Waals surface area contributed by atoms with Gasteiger partial charge in [0, 0.05) is 7.26 Å². The van der Waals surface area contributed by atoms with E-state index in [-0.39, 0.29) is 24.3 Å². The SMILES string of the molecule is CCCC[P+](CCCC)(CCCC)CCCC.O=C(OCCO)c1cc(C(=O)OCCO)cc(S(=O)(=O)O)c1. The Balaban J connectivity index is 0.000000768. The molecule has 0 fully saturated rings. The fourth-order valence-corrected chi connectivity index (χ4v) is 9.91. The molecule has 0 aliphatic heterocycles. The molecule has 0 aliphatic carbocycles. The van der Waals surface area contributed by atoms with Crippen LogP contribution in [-0.2, 0) is 19.6 Å². The van der Waals surface area contributed by atoms with E-state index in [1.807, 2.05) is 0 Å². The van der Waals surface area contributed by atoms with Crippen molar-refractivity contribution < 1.29 is 42.2 Å². The Kier molecular flexibility index (Phi) is 20.3. The molecule has 0 saturated carbocycles. The first kappa shape index (κ1) is 37.4. The van der Waals surface area contributed by atoms with Crippen molar-refractivity contribution in [1.82, 2.24) is 0 Å². The van der Waals surface area contributed by atoms with Crippen LogP contribution >= 0.6 is 7.26 Å². The molecule has 0 amide bonds. The van der Waals surface area contributed by atoms with E-state index < -0.39 is 47.4 Å². The van der Waals surface area contributed by atoms with Gasteiger partial charge in [0.05, 0.1) is 53.9 Å². The molecule has 39 heavy (non-hydrogen) atoms. The van der Waals surface area contributed by atoms with E-state index in [4.69, 9.17) is 14.8 Å². The summed E-state index contributed by atoms with van der Waals surface area (Å²) in [4.78, 5) is 22.6. The molecule has 0 radical (unpaired) electrons. The smallest absolute Gasteiger partial charge is 0.338 e. The van der Waals surface area contributed by atoms with Crippen LogP contribution in [0.5, 0.6) is 0 Å². The average Bonchev–Trinajstić information content (AvgIpc) is 2.93. The Hall–Kier alpha value is -1.58. The lowest BCUT2D eigenvalue weighted by Gasteiger charge is -2.28. The summed E-state index contributed by atoms with van der Waals surface area (Å²) in [5.74, 6) is -1.98. The summed E-state index contributed by atoms with van der Waals surface area (Å²) in [6.45, 7) is 7.91. The fourth-order valence-electron chi connectivity index (χ4n) is 4.07. The van der Waals surface area contributed by atoms with Crippen LogP contribution in [0, 0.1) is 0 Å². The molecule has 1 aromatic carbocycles. The molecule has 0 unspecified atom stereocenters. The van der Waals surface area contributed by atoms with Crippen molar-refractivity contribution in [2.45, 2.75) is 84.0 Å². The number of aliphatic hydroxyl groups is 2. The van der Waals surface area contributed by atoms with Crippen LogP contribution in [0.2, 0.25) is 0 Å². The maximum Gasteiger partial charge on any atom is 0.338 e. The van der Waals surface area contributed by atoms with Crippen molar-refractivity contribution in [2.75, 3.05) is 51.1 Å². The number of benzene rings is 1. The maximum atomic E-state index is 11.7. The summed E-state index contributed by atoms with van der Waals surface area (Å²) < 4.78 is 40.6. The van der Waals surface area contributed by atoms with Gasteiger partial charge in [-0.15, -0.1) is 0 Å². The van der Waals surface area contributed by atoms with Crippen molar-refractivity contribution in [3.63, 3.8) is 0 Å². The van der Waals surface area contributed by atoms with Gasteiger partial charge in [-0.2, -0.15) is 8.42 Å². The number of esters is 2.